The van der Waals surface area contributed by atoms with Crippen LogP contribution < -0.4 is 10.1 Å². The van der Waals surface area contributed by atoms with Crippen LogP contribution in [0.5, 0.6) is 5.75 Å². The summed E-state index contributed by atoms with van der Waals surface area (Å²) in [6.45, 7) is 4.34. The summed E-state index contributed by atoms with van der Waals surface area (Å²) >= 11 is 0. The standard InChI is InChI=1S/C13H21NO2/c1-4-12(9-15)14-10(2)11-5-7-13(16-3)8-6-11/h5-8,10,12,14-15H,4,9H2,1-3H3/t10?,12-/m1/s1. The van der Waals surface area contributed by atoms with E-state index in [1.165, 1.54) is 5.56 Å². The van der Waals surface area contributed by atoms with Gasteiger partial charge < -0.3 is 15.2 Å². The summed E-state index contributed by atoms with van der Waals surface area (Å²) < 4.78 is 5.11. The first kappa shape index (κ1) is 13.0. The van der Waals surface area contributed by atoms with Crippen molar-refractivity contribution in [2.24, 2.45) is 0 Å². The van der Waals surface area contributed by atoms with Gasteiger partial charge in [0.1, 0.15) is 5.75 Å². The first-order valence-electron chi connectivity index (χ1n) is 5.72. The van der Waals surface area contributed by atoms with Gasteiger partial charge in [-0.25, -0.2) is 0 Å². The molecule has 0 amide bonds. The molecule has 1 rings (SSSR count). The lowest BCUT2D eigenvalue weighted by Gasteiger charge is -2.20. The molecular formula is C13H21NO2. The second-order valence-corrected chi connectivity index (χ2v) is 3.95. The smallest absolute Gasteiger partial charge is 0.118 e. The first-order chi connectivity index (χ1) is 7.71. The highest BCUT2D eigenvalue weighted by molar-refractivity contribution is 5.28. The average molecular weight is 223 g/mol. The van der Waals surface area contributed by atoms with Gasteiger partial charge in [0.15, 0.2) is 0 Å². The van der Waals surface area contributed by atoms with E-state index in [0.29, 0.717) is 0 Å². The number of benzene rings is 1. The number of hydrogen-bond acceptors (Lipinski definition) is 3. The maximum absolute atomic E-state index is 9.12. The Morgan fingerprint density at radius 1 is 1.31 bits per heavy atom. The molecule has 0 saturated heterocycles. The van der Waals surface area contributed by atoms with Gasteiger partial charge in [0.2, 0.25) is 0 Å². The predicted octanol–water partition coefficient (Wildman–Crippen LogP) is 2.12. The molecule has 0 heterocycles. The van der Waals surface area contributed by atoms with E-state index in [2.05, 4.69) is 19.2 Å². The van der Waals surface area contributed by atoms with Crippen molar-refractivity contribution in [1.29, 1.82) is 0 Å². The van der Waals surface area contributed by atoms with Crippen LogP contribution in [0, 0.1) is 0 Å². The van der Waals surface area contributed by atoms with Gasteiger partial charge in [-0.05, 0) is 31.0 Å². The summed E-state index contributed by atoms with van der Waals surface area (Å²) in [4.78, 5) is 0. The second-order valence-electron chi connectivity index (χ2n) is 3.95. The van der Waals surface area contributed by atoms with Crippen molar-refractivity contribution in [2.75, 3.05) is 13.7 Å². The third kappa shape index (κ3) is 3.51. The van der Waals surface area contributed by atoms with E-state index < -0.39 is 0 Å². The SMILES string of the molecule is CC[C@H](CO)NC(C)c1ccc(OC)cc1. The Balaban J connectivity index is 2.61. The van der Waals surface area contributed by atoms with Crippen molar-refractivity contribution in [3.05, 3.63) is 29.8 Å². The van der Waals surface area contributed by atoms with Crippen LogP contribution in [-0.4, -0.2) is 24.9 Å². The maximum atomic E-state index is 9.12. The van der Waals surface area contributed by atoms with Crippen molar-refractivity contribution in [2.45, 2.75) is 32.4 Å². The van der Waals surface area contributed by atoms with Gasteiger partial charge in [0, 0.05) is 12.1 Å². The number of ether oxygens (including phenoxy) is 1. The maximum Gasteiger partial charge on any atom is 0.118 e. The number of nitrogens with one attached hydrogen (secondary N) is 1. The Morgan fingerprint density at radius 3 is 2.38 bits per heavy atom. The molecule has 2 atom stereocenters. The molecule has 0 aromatic heterocycles. The van der Waals surface area contributed by atoms with Crippen LogP contribution >= 0.6 is 0 Å². The Labute approximate surface area is 97.4 Å². The lowest BCUT2D eigenvalue weighted by atomic mass is 10.1. The summed E-state index contributed by atoms with van der Waals surface area (Å²) in [5, 5.41) is 12.5. The molecule has 90 valence electrons. The normalized spacial score (nSPS) is 14.5. The Bertz CT molecular complexity index is 293. The molecule has 3 nitrogen and oxygen atoms in total. The van der Waals surface area contributed by atoms with Gasteiger partial charge in [-0.3, -0.25) is 0 Å². The lowest BCUT2D eigenvalue weighted by molar-refractivity contribution is 0.230. The molecule has 1 aromatic carbocycles. The number of aliphatic hydroxyl groups is 1. The number of aliphatic hydroxyl groups excluding tert-OH is 1. The second kappa shape index (κ2) is 6.51. The van der Waals surface area contributed by atoms with Crippen LogP contribution in [0.2, 0.25) is 0 Å². The van der Waals surface area contributed by atoms with Gasteiger partial charge in [-0.1, -0.05) is 19.1 Å². The van der Waals surface area contributed by atoms with Crippen LogP contribution in [0.15, 0.2) is 24.3 Å². The van der Waals surface area contributed by atoms with E-state index >= 15 is 0 Å². The summed E-state index contributed by atoms with van der Waals surface area (Å²) in [7, 11) is 1.66. The molecule has 2 N–H and O–H groups in total. The van der Waals surface area contributed by atoms with Crippen LogP contribution in [0.4, 0.5) is 0 Å². The fraction of sp³-hybridized carbons (Fsp3) is 0.538. The zero-order chi connectivity index (χ0) is 12.0. The molecule has 0 aliphatic heterocycles. The quantitative estimate of drug-likeness (QED) is 0.776. The highest BCUT2D eigenvalue weighted by Gasteiger charge is 2.10. The third-order valence-electron chi connectivity index (χ3n) is 2.81. The van der Waals surface area contributed by atoms with Crippen LogP contribution in [0.25, 0.3) is 0 Å². The first-order valence-corrected chi connectivity index (χ1v) is 5.72. The van der Waals surface area contributed by atoms with E-state index in [9.17, 15) is 0 Å². The Morgan fingerprint density at radius 2 is 1.94 bits per heavy atom. The highest BCUT2D eigenvalue weighted by atomic mass is 16.5. The lowest BCUT2D eigenvalue weighted by Crippen LogP contribution is -2.33. The molecule has 0 fully saturated rings. The Kier molecular flexibility index (Phi) is 5.29. The molecule has 0 saturated carbocycles. The van der Waals surface area contributed by atoms with Crippen molar-refractivity contribution in [1.82, 2.24) is 5.32 Å². The summed E-state index contributed by atoms with van der Waals surface area (Å²) in [5.41, 5.74) is 1.20. The van der Waals surface area contributed by atoms with E-state index in [-0.39, 0.29) is 18.7 Å². The van der Waals surface area contributed by atoms with E-state index in [1.807, 2.05) is 24.3 Å². The van der Waals surface area contributed by atoms with Gasteiger partial charge in [0.05, 0.1) is 13.7 Å². The largest absolute Gasteiger partial charge is 0.497 e. The fourth-order valence-electron chi connectivity index (χ4n) is 1.64. The van der Waals surface area contributed by atoms with Gasteiger partial charge >= 0.3 is 0 Å². The summed E-state index contributed by atoms with van der Waals surface area (Å²) in [5.74, 6) is 0.866. The van der Waals surface area contributed by atoms with E-state index in [4.69, 9.17) is 9.84 Å². The third-order valence-corrected chi connectivity index (χ3v) is 2.81. The predicted molar refractivity (Wildman–Crippen MR) is 65.7 cm³/mol. The van der Waals surface area contributed by atoms with Crippen LogP contribution in [-0.2, 0) is 0 Å². The fourth-order valence-corrected chi connectivity index (χ4v) is 1.64. The van der Waals surface area contributed by atoms with Crippen molar-refractivity contribution < 1.29 is 9.84 Å². The van der Waals surface area contributed by atoms with E-state index in [1.54, 1.807) is 7.11 Å². The van der Waals surface area contributed by atoms with Crippen molar-refractivity contribution >= 4 is 0 Å². The molecular weight excluding hydrogens is 202 g/mol. The molecule has 0 radical (unpaired) electrons. The highest BCUT2D eigenvalue weighted by Crippen LogP contribution is 2.17. The van der Waals surface area contributed by atoms with Gasteiger partial charge in [0.25, 0.3) is 0 Å². The monoisotopic (exact) mass is 223 g/mol. The zero-order valence-corrected chi connectivity index (χ0v) is 10.2. The Hall–Kier alpha value is -1.06. The molecule has 0 aliphatic rings. The molecule has 16 heavy (non-hydrogen) atoms. The van der Waals surface area contributed by atoms with Crippen molar-refractivity contribution in [3.63, 3.8) is 0 Å². The van der Waals surface area contributed by atoms with Crippen LogP contribution in [0.3, 0.4) is 0 Å². The zero-order valence-electron chi connectivity index (χ0n) is 10.2. The molecule has 1 aromatic rings. The van der Waals surface area contributed by atoms with Crippen molar-refractivity contribution in [3.8, 4) is 5.75 Å². The molecule has 0 bridgehead atoms. The minimum Gasteiger partial charge on any atom is -0.497 e. The molecule has 1 unspecified atom stereocenters. The van der Waals surface area contributed by atoms with Gasteiger partial charge in [-0.2, -0.15) is 0 Å². The van der Waals surface area contributed by atoms with Crippen LogP contribution in [0.1, 0.15) is 31.9 Å². The number of rotatable bonds is 6. The molecule has 0 aliphatic carbocycles. The van der Waals surface area contributed by atoms with Gasteiger partial charge in [-0.15, -0.1) is 0 Å². The van der Waals surface area contributed by atoms with E-state index in [0.717, 1.165) is 12.2 Å². The number of methoxy groups -OCH3 is 1. The molecule has 3 heteroatoms. The summed E-state index contributed by atoms with van der Waals surface area (Å²) in [6, 6.07) is 8.39. The topological polar surface area (TPSA) is 41.5 Å². The minimum absolute atomic E-state index is 0.164. The summed E-state index contributed by atoms with van der Waals surface area (Å²) in [6.07, 6.45) is 0.928. The average Bonchev–Trinajstić information content (AvgIpc) is 2.35. The minimum atomic E-state index is 0.164. The molecule has 0 spiro atoms. The number of hydrogen-bond donors (Lipinski definition) is 2.